The fourth-order valence-corrected chi connectivity index (χ4v) is 2.03. The van der Waals surface area contributed by atoms with Crippen LogP contribution < -0.4 is 10.6 Å². The molecular weight excluding hydrogens is 258 g/mol. The Balaban J connectivity index is 1.79. The van der Waals surface area contributed by atoms with Gasteiger partial charge in [-0.2, -0.15) is 4.98 Å². The highest BCUT2D eigenvalue weighted by Crippen LogP contribution is 2.11. The van der Waals surface area contributed by atoms with Gasteiger partial charge >= 0.3 is 0 Å². The van der Waals surface area contributed by atoms with Crippen LogP contribution >= 0.6 is 0 Å². The third kappa shape index (κ3) is 4.59. The quantitative estimate of drug-likeness (QED) is 0.645. The molecule has 1 saturated heterocycles. The number of rotatable bonds is 7. The fourth-order valence-electron chi connectivity index (χ4n) is 2.03. The number of nitrogens with one attached hydrogen (secondary N) is 2. The first-order valence-corrected chi connectivity index (χ1v) is 7.02. The van der Waals surface area contributed by atoms with E-state index in [0.717, 1.165) is 50.8 Å². The predicted molar refractivity (Wildman–Crippen MR) is 78.1 cm³/mol. The minimum absolute atomic E-state index is 0.0865. The van der Waals surface area contributed by atoms with Crippen LogP contribution in [0.15, 0.2) is 6.20 Å². The first-order valence-electron chi connectivity index (χ1n) is 7.02. The highest BCUT2D eigenvalue weighted by molar-refractivity contribution is 5.46. The number of morpholine rings is 1. The molecule has 2 heterocycles. The van der Waals surface area contributed by atoms with Crippen molar-refractivity contribution in [1.82, 2.24) is 14.9 Å². The number of hydrogen-bond donors (Lipinski definition) is 3. The van der Waals surface area contributed by atoms with Crippen LogP contribution in [0, 0.1) is 6.92 Å². The number of nitrogens with zero attached hydrogens (tertiary/aromatic N) is 3. The van der Waals surface area contributed by atoms with Gasteiger partial charge in [0, 0.05) is 44.5 Å². The molecule has 20 heavy (non-hydrogen) atoms. The first kappa shape index (κ1) is 15.0. The molecule has 0 bridgehead atoms. The number of aliphatic hydroxyl groups excluding tert-OH is 1. The van der Waals surface area contributed by atoms with Gasteiger partial charge in [-0.15, -0.1) is 0 Å². The zero-order valence-corrected chi connectivity index (χ0v) is 11.9. The van der Waals surface area contributed by atoms with E-state index in [1.807, 2.05) is 6.92 Å². The molecule has 3 N–H and O–H groups in total. The third-order valence-corrected chi connectivity index (χ3v) is 3.19. The Kier molecular flexibility index (Phi) is 5.97. The second kappa shape index (κ2) is 7.98. The van der Waals surface area contributed by atoms with E-state index in [9.17, 15) is 0 Å². The van der Waals surface area contributed by atoms with Crippen molar-refractivity contribution in [3.8, 4) is 0 Å². The molecule has 7 nitrogen and oxygen atoms in total. The van der Waals surface area contributed by atoms with Gasteiger partial charge in [0.15, 0.2) is 0 Å². The second-order valence-electron chi connectivity index (χ2n) is 4.76. The van der Waals surface area contributed by atoms with Gasteiger partial charge in [0.25, 0.3) is 0 Å². The number of ether oxygens (including phenoxy) is 1. The Morgan fingerprint density at radius 3 is 2.85 bits per heavy atom. The van der Waals surface area contributed by atoms with Crippen molar-refractivity contribution in [2.45, 2.75) is 6.92 Å². The molecule has 0 aromatic carbocycles. The maximum atomic E-state index is 8.84. The van der Waals surface area contributed by atoms with Crippen molar-refractivity contribution < 1.29 is 9.84 Å². The standard InChI is InChI=1S/C13H23N5O2/c1-11-10-16-13(17-12(11)14-3-7-19)15-2-4-18-5-8-20-9-6-18/h10,19H,2-9H2,1H3,(H2,14,15,16,17). The Labute approximate surface area is 119 Å². The zero-order valence-electron chi connectivity index (χ0n) is 11.9. The summed E-state index contributed by atoms with van der Waals surface area (Å²) in [6.07, 6.45) is 1.78. The molecule has 1 aromatic rings. The maximum Gasteiger partial charge on any atom is 0.224 e. The van der Waals surface area contributed by atoms with Crippen LogP contribution in [0.25, 0.3) is 0 Å². The van der Waals surface area contributed by atoms with Gasteiger partial charge in [-0.05, 0) is 6.92 Å². The lowest BCUT2D eigenvalue weighted by Gasteiger charge is -2.26. The lowest BCUT2D eigenvalue weighted by Crippen LogP contribution is -2.39. The van der Waals surface area contributed by atoms with Crippen molar-refractivity contribution in [2.24, 2.45) is 0 Å². The average molecular weight is 281 g/mol. The van der Waals surface area contributed by atoms with Gasteiger partial charge in [-0.3, -0.25) is 4.90 Å². The number of aryl methyl sites for hydroxylation is 1. The van der Waals surface area contributed by atoms with E-state index in [2.05, 4.69) is 25.5 Å². The van der Waals surface area contributed by atoms with E-state index in [4.69, 9.17) is 9.84 Å². The van der Waals surface area contributed by atoms with E-state index < -0.39 is 0 Å². The smallest absolute Gasteiger partial charge is 0.224 e. The number of hydrogen-bond acceptors (Lipinski definition) is 7. The maximum absolute atomic E-state index is 8.84. The van der Waals surface area contributed by atoms with Crippen LogP contribution in [-0.2, 0) is 4.74 Å². The van der Waals surface area contributed by atoms with E-state index >= 15 is 0 Å². The van der Waals surface area contributed by atoms with Crippen molar-refractivity contribution in [2.75, 3.05) is 63.2 Å². The molecule has 0 unspecified atom stereocenters. The van der Waals surface area contributed by atoms with Crippen molar-refractivity contribution in [3.05, 3.63) is 11.8 Å². The molecule has 1 aliphatic rings. The van der Waals surface area contributed by atoms with E-state index in [1.54, 1.807) is 6.20 Å². The van der Waals surface area contributed by atoms with Crippen LogP contribution in [-0.4, -0.2) is 72.5 Å². The molecule has 7 heteroatoms. The molecule has 0 saturated carbocycles. The summed E-state index contributed by atoms with van der Waals surface area (Å²) in [7, 11) is 0. The Morgan fingerprint density at radius 2 is 2.10 bits per heavy atom. The largest absolute Gasteiger partial charge is 0.395 e. The molecule has 0 atom stereocenters. The van der Waals surface area contributed by atoms with Crippen LogP contribution in [0.2, 0.25) is 0 Å². The average Bonchev–Trinajstić information content (AvgIpc) is 2.49. The fraction of sp³-hybridized carbons (Fsp3) is 0.692. The lowest BCUT2D eigenvalue weighted by molar-refractivity contribution is 0.0398. The zero-order chi connectivity index (χ0) is 14.2. The minimum atomic E-state index is 0.0865. The second-order valence-corrected chi connectivity index (χ2v) is 4.76. The molecule has 1 aromatic heterocycles. The molecule has 2 rings (SSSR count). The van der Waals surface area contributed by atoms with Crippen molar-refractivity contribution >= 4 is 11.8 Å². The molecule has 112 valence electrons. The van der Waals surface area contributed by atoms with Gasteiger partial charge in [-0.1, -0.05) is 0 Å². The minimum Gasteiger partial charge on any atom is -0.395 e. The number of aliphatic hydroxyl groups is 1. The molecule has 0 radical (unpaired) electrons. The van der Waals surface area contributed by atoms with Crippen LogP contribution in [0.3, 0.4) is 0 Å². The summed E-state index contributed by atoms with van der Waals surface area (Å²) in [5.74, 6) is 1.38. The Bertz CT molecular complexity index is 410. The molecule has 0 aliphatic carbocycles. The van der Waals surface area contributed by atoms with Gasteiger partial charge in [-0.25, -0.2) is 4.98 Å². The van der Waals surface area contributed by atoms with Gasteiger partial charge in [0.2, 0.25) is 5.95 Å². The number of aromatic nitrogens is 2. The van der Waals surface area contributed by atoms with Gasteiger partial charge in [0.05, 0.1) is 19.8 Å². The summed E-state index contributed by atoms with van der Waals surface area (Å²) >= 11 is 0. The van der Waals surface area contributed by atoms with Gasteiger partial charge < -0.3 is 20.5 Å². The third-order valence-electron chi connectivity index (χ3n) is 3.19. The highest BCUT2D eigenvalue weighted by atomic mass is 16.5. The molecular formula is C13H23N5O2. The molecule has 1 aliphatic heterocycles. The van der Waals surface area contributed by atoms with Crippen LogP contribution in [0.1, 0.15) is 5.56 Å². The Morgan fingerprint density at radius 1 is 1.30 bits per heavy atom. The summed E-state index contributed by atoms with van der Waals surface area (Å²) < 4.78 is 5.32. The molecule has 0 spiro atoms. The summed E-state index contributed by atoms with van der Waals surface area (Å²) in [5, 5.41) is 15.1. The summed E-state index contributed by atoms with van der Waals surface area (Å²) in [4.78, 5) is 11.0. The highest BCUT2D eigenvalue weighted by Gasteiger charge is 2.09. The SMILES string of the molecule is Cc1cnc(NCCN2CCOCC2)nc1NCCO. The monoisotopic (exact) mass is 281 g/mol. The molecule has 1 fully saturated rings. The number of anilines is 2. The van der Waals surface area contributed by atoms with E-state index in [0.29, 0.717) is 12.5 Å². The Hall–Kier alpha value is -1.44. The topological polar surface area (TPSA) is 82.5 Å². The van der Waals surface area contributed by atoms with E-state index in [-0.39, 0.29) is 6.61 Å². The van der Waals surface area contributed by atoms with Gasteiger partial charge in [0.1, 0.15) is 5.82 Å². The normalized spacial score (nSPS) is 16.1. The first-order chi connectivity index (χ1) is 9.79. The molecule has 0 amide bonds. The van der Waals surface area contributed by atoms with Crippen molar-refractivity contribution in [3.63, 3.8) is 0 Å². The van der Waals surface area contributed by atoms with Crippen LogP contribution in [0.5, 0.6) is 0 Å². The van der Waals surface area contributed by atoms with E-state index in [1.165, 1.54) is 0 Å². The predicted octanol–water partition coefficient (Wildman–Crippen LogP) is -0.0667. The summed E-state index contributed by atoms with van der Waals surface area (Å²) in [5.41, 5.74) is 0.970. The van der Waals surface area contributed by atoms with Crippen molar-refractivity contribution in [1.29, 1.82) is 0 Å². The lowest BCUT2D eigenvalue weighted by atomic mass is 10.3. The van der Waals surface area contributed by atoms with Crippen LogP contribution in [0.4, 0.5) is 11.8 Å². The summed E-state index contributed by atoms with van der Waals surface area (Å²) in [6, 6.07) is 0. The summed E-state index contributed by atoms with van der Waals surface area (Å²) in [6.45, 7) is 7.89.